The van der Waals surface area contributed by atoms with Gasteiger partial charge in [0.15, 0.2) is 11.9 Å². The van der Waals surface area contributed by atoms with Crippen LogP contribution in [0.25, 0.3) is 17.1 Å². The SMILES string of the molecule is COc1ccc(-n2cnc(-c3ccc(/C=N/O[C@@H]4O[C@@H](C)[C@H](OC)[C@@H](OC)[C@H]4OC)cc3)n2)cc1. The van der Waals surface area contributed by atoms with Gasteiger partial charge in [0, 0.05) is 26.9 Å². The molecule has 0 saturated carbocycles. The van der Waals surface area contributed by atoms with Crippen molar-refractivity contribution in [2.24, 2.45) is 5.16 Å². The lowest BCUT2D eigenvalue weighted by Crippen LogP contribution is -2.59. The summed E-state index contributed by atoms with van der Waals surface area (Å²) < 4.78 is 29.4. The summed E-state index contributed by atoms with van der Waals surface area (Å²) in [7, 11) is 6.44. The molecule has 1 saturated heterocycles. The average Bonchev–Trinajstić information content (AvgIpc) is 3.39. The molecular formula is C25H30N4O6. The van der Waals surface area contributed by atoms with Gasteiger partial charge in [-0.05, 0) is 36.8 Å². The fraction of sp³-hybridized carbons (Fsp3) is 0.400. The van der Waals surface area contributed by atoms with Crippen LogP contribution in [0.3, 0.4) is 0 Å². The number of hydrogen-bond donors (Lipinski definition) is 0. The highest BCUT2D eigenvalue weighted by Crippen LogP contribution is 2.27. The molecule has 0 radical (unpaired) electrons. The van der Waals surface area contributed by atoms with Gasteiger partial charge in [0.1, 0.15) is 24.3 Å². The molecule has 1 aliphatic heterocycles. The van der Waals surface area contributed by atoms with Crippen LogP contribution >= 0.6 is 0 Å². The van der Waals surface area contributed by atoms with Crippen molar-refractivity contribution in [2.45, 2.75) is 37.6 Å². The zero-order valence-electron chi connectivity index (χ0n) is 20.4. The molecule has 2 aromatic carbocycles. The van der Waals surface area contributed by atoms with Crippen LogP contribution in [0.15, 0.2) is 60.0 Å². The number of aromatic nitrogens is 3. The van der Waals surface area contributed by atoms with Crippen molar-refractivity contribution < 1.29 is 28.5 Å². The summed E-state index contributed by atoms with van der Waals surface area (Å²) >= 11 is 0. The van der Waals surface area contributed by atoms with Crippen LogP contribution in [0.1, 0.15) is 12.5 Å². The molecule has 0 amide bonds. The zero-order chi connectivity index (χ0) is 24.8. The molecule has 2 heterocycles. The van der Waals surface area contributed by atoms with E-state index in [-0.39, 0.29) is 18.3 Å². The van der Waals surface area contributed by atoms with Crippen LogP contribution in [0.5, 0.6) is 5.75 Å². The van der Waals surface area contributed by atoms with E-state index in [4.69, 9.17) is 28.5 Å². The zero-order valence-corrected chi connectivity index (χ0v) is 20.4. The molecule has 4 rings (SSSR count). The average molecular weight is 483 g/mol. The predicted octanol–water partition coefficient (Wildman–Crippen LogP) is 3.08. The van der Waals surface area contributed by atoms with Gasteiger partial charge in [-0.15, -0.1) is 5.10 Å². The Bertz CT molecular complexity index is 1100. The minimum Gasteiger partial charge on any atom is -0.497 e. The van der Waals surface area contributed by atoms with Crippen molar-refractivity contribution in [1.29, 1.82) is 0 Å². The number of ether oxygens (including phenoxy) is 5. The Kier molecular flexibility index (Phi) is 8.09. The van der Waals surface area contributed by atoms with Gasteiger partial charge in [-0.1, -0.05) is 29.4 Å². The van der Waals surface area contributed by atoms with Gasteiger partial charge in [0.25, 0.3) is 6.29 Å². The first-order chi connectivity index (χ1) is 17.1. The van der Waals surface area contributed by atoms with Gasteiger partial charge < -0.3 is 28.5 Å². The van der Waals surface area contributed by atoms with Crippen molar-refractivity contribution in [3.05, 3.63) is 60.4 Å². The summed E-state index contributed by atoms with van der Waals surface area (Å²) in [4.78, 5) is 10.0. The standard InChI is InChI=1S/C25H30N4O6/c1-16-21(31-3)22(32-4)23(33-5)25(34-16)35-27-14-17-6-8-18(9-7-17)24-26-15-29(28-24)19-10-12-20(30-2)13-11-19/h6-16,21-23,25H,1-5H3/b27-14+/t16-,21-,22+,23+,25-/m0/s1. The second-order valence-corrected chi connectivity index (χ2v) is 7.98. The normalized spacial score (nSPS) is 24.5. The third-order valence-electron chi connectivity index (χ3n) is 5.91. The smallest absolute Gasteiger partial charge is 0.256 e. The summed E-state index contributed by atoms with van der Waals surface area (Å²) in [5, 5.41) is 8.67. The highest BCUT2D eigenvalue weighted by molar-refractivity contribution is 5.80. The quantitative estimate of drug-likeness (QED) is 0.339. The summed E-state index contributed by atoms with van der Waals surface area (Å²) in [6.07, 6.45) is 1.19. The number of nitrogens with zero attached hydrogens (tertiary/aromatic N) is 4. The van der Waals surface area contributed by atoms with Gasteiger partial charge in [-0.25, -0.2) is 9.67 Å². The topological polar surface area (TPSA) is 98.5 Å². The van der Waals surface area contributed by atoms with E-state index in [2.05, 4.69) is 15.2 Å². The molecule has 0 aliphatic carbocycles. The van der Waals surface area contributed by atoms with Gasteiger partial charge >= 0.3 is 0 Å². The van der Waals surface area contributed by atoms with Crippen molar-refractivity contribution >= 4 is 6.21 Å². The van der Waals surface area contributed by atoms with Crippen LogP contribution in [0, 0.1) is 0 Å². The summed E-state index contributed by atoms with van der Waals surface area (Å²) in [5.41, 5.74) is 2.62. The Hall–Kier alpha value is -3.31. The molecule has 1 fully saturated rings. The number of hydrogen-bond acceptors (Lipinski definition) is 9. The first-order valence-electron chi connectivity index (χ1n) is 11.2. The largest absolute Gasteiger partial charge is 0.497 e. The monoisotopic (exact) mass is 482 g/mol. The first-order valence-corrected chi connectivity index (χ1v) is 11.2. The second-order valence-electron chi connectivity index (χ2n) is 7.98. The Balaban J connectivity index is 1.39. The van der Waals surface area contributed by atoms with E-state index in [0.29, 0.717) is 5.82 Å². The lowest BCUT2D eigenvalue weighted by atomic mass is 9.99. The number of methoxy groups -OCH3 is 4. The Morgan fingerprint density at radius 3 is 2.20 bits per heavy atom. The van der Waals surface area contributed by atoms with Gasteiger partial charge in [-0.3, -0.25) is 0 Å². The molecular weight excluding hydrogens is 452 g/mol. The van der Waals surface area contributed by atoms with Gasteiger partial charge in [0.2, 0.25) is 0 Å². The molecule has 1 aromatic heterocycles. The van der Waals surface area contributed by atoms with Crippen molar-refractivity contribution in [3.8, 4) is 22.8 Å². The van der Waals surface area contributed by atoms with Gasteiger partial charge in [0.05, 0.1) is 25.1 Å². The van der Waals surface area contributed by atoms with Gasteiger partial charge in [-0.2, -0.15) is 0 Å². The van der Waals surface area contributed by atoms with E-state index in [0.717, 1.165) is 22.6 Å². The van der Waals surface area contributed by atoms with E-state index < -0.39 is 12.4 Å². The van der Waals surface area contributed by atoms with E-state index in [1.54, 1.807) is 45.7 Å². The summed E-state index contributed by atoms with van der Waals surface area (Å²) in [6.45, 7) is 1.90. The van der Waals surface area contributed by atoms with Crippen LogP contribution < -0.4 is 4.74 Å². The number of oxime groups is 1. The molecule has 0 bridgehead atoms. The molecule has 0 N–H and O–H groups in total. The maximum atomic E-state index is 5.90. The van der Waals surface area contributed by atoms with Crippen LogP contribution in [0.4, 0.5) is 0 Å². The molecule has 0 unspecified atom stereocenters. The predicted molar refractivity (Wildman–Crippen MR) is 129 cm³/mol. The Labute approximate surface area is 204 Å². The van der Waals surface area contributed by atoms with E-state index >= 15 is 0 Å². The molecule has 3 aromatic rings. The summed E-state index contributed by atoms with van der Waals surface area (Å²) in [6, 6.07) is 15.3. The third kappa shape index (κ3) is 5.51. The number of benzene rings is 2. The maximum Gasteiger partial charge on any atom is 0.256 e. The van der Waals surface area contributed by atoms with E-state index in [1.165, 1.54) is 0 Å². The number of rotatable bonds is 9. The molecule has 0 spiro atoms. The summed E-state index contributed by atoms with van der Waals surface area (Å²) in [5.74, 6) is 1.40. The minimum absolute atomic E-state index is 0.249. The van der Waals surface area contributed by atoms with Crippen LogP contribution in [-0.4, -0.2) is 80.1 Å². The van der Waals surface area contributed by atoms with Crippen LogP contribution in [-0.2, 0) is 23.8 Å². The van der Waals surface area contributed by atoms with Crippen LogP contribution in [0.2, 0.25) is 0 Å². The van der Waals surface area contributed by atoms with E-state index in [9.17, 15) is 0 Å². The first kappa shape index (κ1) is 24.8. The lowest BCUT2D eigenvalue weighted by molar-refractivity contribution is -0.305. The molecule has 10 heteroatoms. The molecule has 35 heavy (non-hydrogen) atoms. The highest BCUT2D eigenvalue weighted by atomic mass is 16.8. The Morgan fingerprint density at radius 2 is 1.57 bits per heavy atom. The van der Waals surface area contributed by atoms with E-state index in [1.807, 2.05) is 55.5 Å². The fourth-order valence-electron chi connectivity index (χ4n) is 4.02. The van der Waals surface area contributed by atoms with Crippen molar-refractivity contribution in [1.82, 2.24) is 14.8 Å². The maximum absolute atomic E-state index is 5.90. The highest BCUT2D eigenvalue weighted by Gasteiger charge is 2.46. The van der Waals surface area contributed by atoms with Crippen molar-refractivity contribution in [3.63, 3.8) is 0 Å². The third-order valence-corrected chi connectivity index (χ3v) is 5.91. The second kappa shape index (κ2) is 11.4. The molecule has 1 aliphatic rings. The van der Waals surface area contributed by atoms with Crippen molar-refractivity contribution in [2.75, 3.05) is 28.4 Å². The fourth-order valence-corrected chi connectivity index (χ4v) is 4.02. The molecule has 10 nitrogen and oxygen atoms in total. The Morgan fingerprint density at radius 1 is 0.886 bits per heavy atom. The minimum atomic E-state index is -0.729. The lowest BCUT2D eigenvalue weighted by Gasteiger charge is -2.42. The molecule has 5 atom stereocenters. The molecule has 186 valence electrons.